The fraction of sp³-hybridized carbons (Fsp3) is 0.583. The molecule has 1 spiro atoms. The van der Waals surface area contributed by atoms with Crippen molar-refractivity contribution in [3.63, 3.8) is 0 Å². The van der Waals surface area contributed by atoms with E-state index in [0.29, 0.717) is 0 Å². The SMILES string of the molecule is C=C/C(=C\C1=C(C)NN[C@H]1[C@H]1C=C(N2CCC3(CCNC3=O)CC2)N=CN1)OC1(C)CC1. The second kappa shape index (κ2) is 7.99. The van der Waals surface area contributed by atoms with Gasteiger partial charge in [0, 0.05) is 25.3 Å². The normalized spacial score (nSPS) is 30.6. The van der Waals surface area contributed by atoms with Crippen molar-refractivity contribution in [3.05, 3.63) is 47.7 Å². The molecule has 5 rings (SSSR count). The van der Waals surface area contributed by atoms with Crippen molar-refractivity contribution in [1.29, 1.82) is 0 Å². The van der Waals surface area contributed by atoms with Crippen molar-refractivity contribution < 1.29 is 9.53 Å². The summed E-state index contributed by atoms with van der Waals surface area (Å²) in [5, 5.41) is 6.41. The Balaban J connectivity index is 1.30. The third-order valence-electron chi connectivity index (χ3n) is 7.57. The van der Waals surface area contributed by atoms with E-state index in [2.05, 4.69) is 64.0 Å². The molecule has 1 saturated carbocycles. The van der Waals surface area contributed by atoms with E-state index in [9.17, 15) is 4.79 Å². The Hall–Kier alpha value is -2.74. The first kappa shape index (κ1) is 21.1. The average molecular weight is 439 g/mol. The highest BCUT2D eigenvalue weighted by molar-refractivity contribution is 5.84. The van der Waals surface area contributed by atoms with Crippen LogP contribution in [0.25, 0.3) is 0 Å². The summed E-state index contributed by atoms with van der Waals surface area (Å²) >= 11 is 0. The van der Waals surface area contributed by atoms with Crippen molar-refractivity contribution in [1.82, 2.24) is 26.4 Å². The summed E-state index contributed by atoms with van der Waals surface area (Å²) in [4.78, 5) is 19.2. The molecule has 0 radical (unpaired) electrons. The zero-order chi connectivity index (χ0) is 22.3. The van der Waals surface area contributed by atoms with E-state index in [-0.39, 0.29) is 29.0 Å². The van der Waals surface area contributed by atoms with Gasteiger partial charge in [0.05, 0.1) is 23.8 Å². The molecule has 8 heteroatoms. The highest BCUT2D eigenvalue weighted by atomic mass is 16.5. The summed E-state index contributed by atoms with van der Waals surface area (Å²) in [7, 11) is 0. The number of aliphatic imine (C=N–C) groups is 1. The number of carbonyl (C=O) groups is 1. The van der Waals surface area contributed by atoms with Gasteiger partial charge in [-0.05, 0) is 69.8 Å². The lowest BCUT2D eigenvalue weighted by atomic mass is 9.77. The molecule has 8 nitrogen and oxygen atoms in total. The van der Waals surface area contributed by atoms with Crippen molar-refractivity contribution >= 4 is 12.2 Å². The summed E-state index contributed by atoms with van der Waals surface area (Å²) < 4.78 is 6.17. The van der Waals surface area contributed by atoms with Crippen LogP contribution in [0, 0.1) is 5.41 Å². The molecule has 5 aliphatic rings. The fourth-order valence-electron chi connectivity index (χ4n) is 5.07. The maximum absolute atomic E-state index is 12.3. The van der Waals surface area contributed by atoms with Crippen molar-refractivity contribution in [3.8, 4) is 0 Å². The fourth-order valence-corrected chi connectivity index (χ4v) is 5.07. The Labute approximate surface area is 189 Å². The number of carbonyl (C=O) groups excluding carboxylic acids is 1. The molecule has 3 fully saturated rings. The van der Waals surface area contributed by atoms with Crippen LogP contribution in [0.1, 0.15) is 46.0 Å². The van der Waals surface area contributed by atoms with Crippen LogP contribution in [0.3, 0.4) is 0 Å². The number of amides is 1. The van der Waals surface area contributed by atoms with E-state index >= 15 is 0 Å². The Bertz CT molecular complexity index is 921. The highest BCUT2D eigenvalue weighted by Crippen LogP contribution is 2.41. The molecule has 2 atom stereocenters. The van der Waals surface area contributed by atoms with Gasteiger partial charge in [-0.25, -0.2) is 10.4 Å². The maximum atomic E-state index is 12.3. The van der Waals surface area contributed by atoms with E-state index < -0.39 is 0 Å². The molecule has 4 aliphatic heterocycles. The Kier molecular flexibility index (Phi) is 5.28. The molecule has 1 aliphatic carbocycles. The standard InChI is InChI=1S/C24H34N6O2/c1-4-17(32-23(3)5-6-23)13-18-16(2)28-29-21(18)19-14-20(27-15-26-19)30-11-8-24(9-12-30)7-10-25-22(24)31/h4,13-15,19,21,28-29H,1,5-12H2,2-3H3,(H,25,31)(H,26,27)/b17-13+/t19-,21-/m1/s1. The molecule has 4 heterocycles. The summed E-state index contributed by atoms with van der Waals surface area (Å²) in [6.07, 6.45) is 12.8. The molecule has 1 amide bonds. The number of nitrogens with zero attached hydrogens (tertiary/aromatic N) is 2. The van der Waals surface area contributed by atoms with E-state index in [1.165, 1.54) is 0 Å². The zero-order valence-corrected chi connectivity index (χ0v) is 19.0. The van der Waals surface area contributed by atoms with Gasteiger partial charge < -0.3 is 25.7 Å². The summed E-state index contributed by atoms with van der Waals surface area (Å²) in [5.74, 6) is 2.01. The van der Waals surface area contributed by atoms with Crippen LogP contribution in [0.5, 0.6) is 0 Å². The van der Waals surface area contributed by atoms with Gasteiger partial charge in [-0.3, -0.25) is 4.79 Å². The van der Waals surface area contributed by atoms with Gasteiger partial charge in [0.2, 0.25) is 5.91 Å². The molecule has 0 aromatic heterocycles. The van der Waals surface area contributed by atoms with Crippen LogP contribution in [0.15, 0.2) is 52.6 Å². The average Bonchev–Trinajstić information content (AvgIpc) is 3.27. The van der Waals surface area contributed by atoms with E-state index in [0.717, 1.165) is 74.6 Å². The van der Waals surface area contributed by atoms with E-state index in [1.807, 2.05) is 0 Å². The van der Waals surface area contributed by atoms with Gasteiger partial charge in [-0.1, -0.05) is 6.58 Å². The van der Waals surface area contributed by atoms with Gasteiger partial charge in [0.25, 0.3) is 0 Å². The van der Waals surface area contributed by atoms with Crippen LogP contribution in [-0.2, 0) is 9.53 Å². The van der Waals surface area contributed by atoms with Gasteiger partial charge in [-0.15, -0.1) is 0 Å². The van der Waals surface area contributed by atoms with Crippen molar-refractivity contribution in [2.75, 3.05) is 19.6 Å². The lowest BCUT2D eigenvalue weighted by molar-refractivity contribution is -0.129. The van der Waals surface area contributed by atoms with E-state index in [1.54, 1.807) is 12.4 Å². The van der Waals surface area contributed by atoms with Crippen LogP contribution in [0.2, 0.25) is 0 Å². The third kappa shape index (κ3) is 3.92. The molecule has 0 bridgehead atoms. The lowest BCUT2D eigenvalue weighted by Gasteiger charge is -2.39. The Morgan fingerprint density at radius 2 is 2.06 bits per heavy atom. The number of hydrazine groups is 1. The summed E-state index contributed by atoms with van der Waals surface area (Å²) in [6, 6.07) is 0.0611. The number of allylic oxidation sites excluding steroid dienone is 2. The second-order valence-electron chi connectivity index (χ2n) is 9.88. The molecule has 0 aromatic rings. The van der Waals surface area contributed by atoms with Crippen LogP contribution in [-0.4, -0.2) is 54.5 Å². The van der Waals surface area contributed by atoms with Gasteiger partial charge >= 0.3 is 0 Å². The maximum Gasteiger partial charge on any atom is 0.226 e. The largest absolute Gasteiger partial charge is 0.488 e. The minimum Gasteiger partial charge on any atom is -0.488 e. The second-order valence-corrected chi connectivity index (χ2v) is 9.88. The Morgan fingerprint density at radius 1 is 1.28 bits per heavy atom. The molecule has 0 aromatic carbocycles. The first-order valence-corrected chi connectivity index (χ1v) is 11.7. The van der Waals surface area contributed by atoms with Crippen LogP contribution < -0.4 is 21.5 Å². The van der Waals surface area contributed by atoms with Gasteiger partial charge in [0.15, 0.2) is 0 Å². The molecule has 0 unspecified atom stereocenters. The summed E-state index contributed by atoms with van der Waals surface area (Å²) in [5.41, 5.74) is 8.69. The quantitative estimate of drug-likeness (QED) is 0.374. The Morgan fingerprint density at radius 3 is 2.72 bits per heavy atom. The monoisotopic (exact) mass is 438 g/mol. The third-order valence-corrected chi connectivity index (χ3v) is 7.57. The van der Waals surface area contributed by atoms with Crippen LogP contribution in [0.4, 0.5) is 0 Å². The number of likely N-dealkylation sites (tertiary alicyclic amines) is 1. The number of hydrogen-bond acceptors (Lipinski definition) is 7. The minimum absolute atomic E-state index is 0.0269. The number of nitrogens with one attached hydrogen (secondary N) is 4. The van der Waals surface area contributed by atoms with Gasteiger partial charge in [0.1, 0.15) is 17.2 Å². The molecular weight excluding hydrogens is 404 g/mol. The van der Waals surface area contributed by atoms with Crippen molar-refractivity contribution in [2.45, 2.75) is 63.6 Å². The first-order valence-electron chi connectivity index (χ1n) is 11.7. The summed E-state index contributed by atoms with van der Waals surface area (Å²) in [6.45, 7) is 10.7. The number of rotatable bonds is 6. The molecule has 2 saturated heterocycles. The smallest absolute Gasteiger partial charge is 0.226 e. The number of hydrogen-bond donors (Lipinski definition) is 4. The van der Waals surface area contributed by atoms with Crippen LogP contribution >= 0.6 is 0 Å². The zero-order valence-electron chi connectivity index (χ0n) is 19.0. The number of ether oxygens (including phenoxy) is 1. The first-order chi connectivity index (χ1) is 15.4. The molecule has 172 valence electrons. The highest BCUT2D eigenvalue weighted by Gasteiger charge is 2.45. The predicted octanol–water partition coefficient (Wildman–Crippen LogP) is 1.82. The predicted molar refractivity (Wildman–Crippen MR) is 124 cm³/mol. The molecular formula is C24H34N6O2. The van der Waals surface area contributed by atoms with Gasteiger partial charge in [-0.2, -0.15) is 0 Å². The van der Waals surface area contributed by atoms with E-state index in [4.69, 9.17) is 4.74 Å². The topological polar surface area (TPSA) is 90.0 Å². The van der Waals surface area contributed by atoms with Crippen molar-refractivity contribution in [2.24, 2.45) is 10.4 Å². The molecule has 4 N–H and O–H groups in total. The minimum atomic E-state index is -0.166. The number of piperidine rings is 1. The lowest BCUT2D eigenvalue weighted by Crippen LogP contribution is -2.50. The molecule has 32 heavy (non-hydrogen) atoms.